The number of aliphatic hydroxyl groups is 1. The molecule has 0 atom stereocenters. The maximum atomic E-state index is 11.8. The summed E-state index contributed by atoms with van der Waals surface area (Å²) in [5.74, 6) is 0.0292. The molecule has 0 amide bonds. The molecule has 140 valence electrons. The number of thiazole rings is 1. The Morgan fingerprint density at radius 2 is 1.96 bits per heavy atom. The first-order valence-corrected chi connectivity index (χ1v) is 9.66. The van der Waals surface area contributed by atoms with Crippen molar-refractivity contribution < 1.29 is 14.6 Å². The van der Waals surface area contributed by atoms with E-state index in [2.05, 4.69) is 17.0 Å². The van der Waals surface area contributed by atoms with Crippen molar-refractivity contribution in [3.63, 3.8) is 0 Å². The van der Waals surface area contributed by atoms with Crippen molar-refractivity contribution in [2.45, 2.75) is 26.9 Å². The highest BCUT2D eigenvalue weighted by Crippen LogP contribution is 2.17. The molecule has 0 spiro atoms. The second kappa shape index (κ2) is 8.73. The number of carbonyl (C=O) groups excluding carboxylic acids is 1. The van der Waals surface area contributed by atoms with Gasteiger partial charge in [-0.05, 0) is 24.6 Å². The summed E-state index contributed by atoms with van der Waals surface area (Å²) in [7, 11) is 0. The van der Waals surface area contributed by atoms with Crippen molar-refractivity contribution in [3.8, 4) is 0 Å². The Balaban J connectivity index is 1.83. The summed E-state index contributed by atoms with van der Waals surface area (Å²) in [6.45, 7) is 8.36. The van der Waals surface area contributed by atoms with E-state index in [-0.39, 0.29) is 12.4 Å². The van der Waals surface area contributed by atoms with E-state index in [0.29, 0.717) is 11.4 Å². The number of aliphatic hydroxyl groups excluding tert-OH is 1. The molecule has 3 rings (SSSR count). The Kier molecular flexibility index (Phi) is 6.37. The second-order valence-electron chi connectivity index (χ2n) is 6.40. The molecule has 6 nitrogen and oxygen atoms in total. The Hall–Kier alpha value is -1.80. The normalized spacial score (nSPS) is 16.2. The summed E-state index contributed by atoms with van der Waals surface area (Å²) in [6, 6.07) is 8.19. The number of morpholine rings is 1. The van der Waals surface area contributed by atoms with Gasteiger partial charge in [-0.1, -0.05) is 23.5 Å². The summed E-state index contributed by atoms with van der Waals surface area (Å²) < 4.78 is 7.29. The lowest BCUT2D eigenvalue weighted by atomic mass is 10.2. The molecule has 2 aromatic rings. The molecular formula is C19H25N3O3S. The van der Waals surface area contributed by atoms with E-state index in [1.165, 1.54) is 16.9 Å². The van der Waals surface area contributed by atoms with Crippen LogP contribution in [-0.4, -0.2) is 53.3 Å². The van der Waals surface area contributed by atoms with Crippen LogP contribution in [0.4, 0.5) is 5.69 Å². The van der Waals surface area contributed by atoms with Gasteiger partial charge >= 0.3 is 0 Å². The first-order valence-electron chi connectivity index (χ1n) is 8.84. The largest absolute Gasteiger partial charge is 0.395 e. The third kappa shape index (κ3) is 4.48. The van der Waals surface area contributed by atoms with Crippen LogP contribution in [-0.2, 0) is 17.8 Å². The van der Waals surface area contributed by atoms with Gasteiger partial charge in [0.05, 0.1) is 30.4 Å². The van der Waals surface area contributed by atoms with Crippen LogP contribution >= 0.6 is 11.3 Å². The van der Waals surface area contributed by atoms with Gasteiger partial charge in [0.25, 0.3) is 0 Å². The molecule has 0 unspecified atom stereocenters. The standard InChI is InChI=1S/C19H25N3O3S/c1-14-18(15(2)24)26-19(22(14)7-10-23)20-17-5-3-16(4-6-17)13-21-8-11-25-12-9-21/h3-6,23H,7-13H2,1-2H3. The molecule has 0 radical (unpaired) electrons. The third-order valence-corrected chi connectivity index (χ3v) is 5.75. The number of hydrogen-bond donors (Lipinski definition) is 1. The summed E-state index contributed by atoms with van der Waals surface area (Å²) >= 11 is 1.38. The lowest BCUT2D eigenvalue weighted by molar-refractivity contribution is 0.0342. The first-order chi connectivity index (χ1) is 12.6. The number of ether oxygens (including phenoxy) is 1. The van der Waals surface area contributed by atoms with E-state index in [1.54, 1.807) is 6.92 Å². The van der Waals surface area contributed by atoms with Crippen LogP contribution in [0.3, 0.4) is 0 Å². The van der Waals surface area contributed by atoms with Crippen molar-refractivity contribution >= 4 is 22.8 Å². The van der Waals surface area contributed by atoms with Gasteiger partial charge in [-0.3, -0.25) is 9.69 Å². The predicted octanol–water partition coefficient (Wildman–Crippen LogP) is 2.12. The Morgan fingerprint density at radius 3 is 2.58 bits per heavy atom. The van der Waals surface area contributed by atoms with Gasteiger partial charge in [-0.15, -0.1) is 0 Å². The van der Waals surface area contributed by atoms with Crippen LogP contribution in [0.25, 0.3) is 0 Å². The van der Waals surface area contributed by atoms with Crippen LogP contribution in [0, 0.1) is 6.92 Å². The molecule has 2 heterocycles. The number of carbonyl (C=O) groups is 1. The SMILES string of the molecule is CC(=O)c1sc(=Nc2ccc(CN3CCOCC3)cc2)n(CCO)c1C. The van der Waals surface area contributed by atoms with Gasteiger partial charge in [-0.25, -0.2) is 4.99 Å². The molecule has 1 aliphatic rings. The minimum Gasteiger partial charge on any atom is -0.395 e. The fourth-order valence-electron chi connectivity index (χ4n) is 3.06. The highest BCUT2D eigenvalue weighted by atomic mass is 32.1. The monoisotopic (exact) mass is 375 g/mol. The Labute approximate surface area is 157 Å². The third-order valence-electron chi connectivity index (χ3n) is 4.47. The second-order valence-corrected chi connectivity index (χ2v) is 7.37. The van der Waals surface area contributed by atoms with Crippen LogP contribution in [0.15, 0.2) is 29.3 Å². The van der Waals surface area contributed by atoms with Crippen molar-refractivity contribution in [3.05, 3.63) is 45.2 Å². The molecule has 0 aliphatic carbocycles. The van der Waals surface area contributed by atoms with E-state index in [1.807, 2.05) is 23.6 Å². The Bertz CT molecular complexity index is 818. The lowest BCUT2D eigenvalue weighted by Crippen LogP contribution is -2.35. The number of rotatable bonds is 6. The van der Waals surface area contributed by atoms with E-state index in [9.17, 15) is 9.90 Å². The molecule has 1 aromatic heterocycles. The van der Waals surface area contributed by atoms with Gasteiger partial charge in [0.2, 0.25) is 0 Å². The van der Waals surface area contributed by atoms with Crippen LogP contribution < -0.4 is 4.80 Å². The van der Waals surface area contributed by atoms with E-state index < -0.39 is 0 Å². The van der Waals surface area contributed by atoms with Crippen LogP contribution in [0.5, 0.6) is 0 Å². The molecule has 1 aromatic carbocycles. The minimum atomic E-state index is 0.0145. The number of ketones is 1. The number of nitrogens with zero attached hydrogens (tertiary/aromatic N) is 3. The van der Waals surface area contributed by atoms with Crippen LogP contribution in [0.1, 0.15) is 27.9 Å². The van der Waals surface area contributed by atoms with Crippen molar-refractivity contribution in [1.29, 1.82) is 0 Å². The molecular weight excluding hydrogens is 350 g/mol. The van der Waals surface area contributed by atoms with Gasteiger partial charge in [0.15, 0.2) is 10.6 Å². The molecule has 1 saturated heterocycles. The van der Waals surface area contributed by atoms with Crippen LogP contribution in [0.2, 0.25) is 0 Å². The van der Waals surface area contributed by atoms with Gasteiger partial charge < -0.3 is 14.4 Å². The van der Waals surface area contributed by atoms with Crippen molar-refractivity contribution in [2.75, 3.05) is 32.9 Å². The predicted molar refractivity (Wildman–Crippen MR) is 102 cm³/mol. The highest BCUT2D eigenvalue weighted by Gasteiger charge is 2.13. The zero-order valence-corrected chi connectivity index (χ0v) is 16.1. The van der Waals surface area contributed by atoms with Gasteiger partial charge in [0.1, 0.15) is 0 Å². The van der Waals surface area contributed by atoms with Crippen molar-refractivity contribution in [2.24, 2.45) is 4.99 Å². The summed E-state index contributed by atoms with van der Waals surface area (Å²) in [4.78, 5) is 20.3. The van der Waals surface area contributed by atoms with E-state index in [0.717, 1.165) is 49.0 Å². The fraction of sp³-hybridized carbons (Fsp3) is 0.474. The summed E-state index contributed by atoms with van der Waals surface area (Å²) in [5.41, 5.74) is 2.96. The highest BCUT2D eigenvalue weighted by molar-refractivity contribution is 7.11. The number of Topliss-reactive ketones (excluding diaryl/α,β-unsaturated/α-hetero) is 1. The fourth-order valence-corrected chi connectivity index (χ4v) is 4.14. The first kappa shape index (κ1) is 19.0. The molecule has 1 aliphatic heterocycles. The molecule has 26 heavy (non-hydrogen) atoms. The number of aromatic nitrogens is 1. The molecule has 1 N–H and O–H groups in total. The zero-order chi connectivity index (χ0) is 18.5. The average molecular weight is 375 g/mol. The Morgan fingerprint density at radius 1 is 1.27 bits per heavy atom. The molecule has 0 bridgehead atoms. The summed E-state index contributed by atoms with van der Waals surface area (Å²) in [6.07, 6.45) is 0. The molecule has 7 heteroatoms. The smallest absolute Gasteiger partial charge is 0.190 e. The maximum Gasteiger partial charge on any atom is 0.190 e. The van der Waals surface area contributed by atoms with E-state index in [4.69, 9.17) is 9.73 Å². The topological polar surface area (TPSA) is 67.1 Å². The summed E-state index contributed by atoms with van der Waals surface area (Å²) in [5, 5.41) is 9.32. The molecule has 0 saturated carbocycles. The molecule has 1 fully saturated rings. The quantitative estimate of drug-likeness (QED) is 0.786. The van der Waals surface area contributed by atoms with E-state index >= 15 is 0 Å². The number of benzene rings is 1. The van der Waals surface area contributed by atoms with Gasteiger partial charge in [0, 0.05) is 38.8 Å². The zero-order valence-electron chi connectivity index (χ0n) is 15.3. The minimum absolute atomic E-state index is 0.0145. The lowest BCUT2D eigenvalue weighted by Gasteiger charge is -2.26. The average Bonchev–Trinajstić information content (AvgIpc) is 2.94. The van der Waals surface area contributed by atoms with Crippen molar-refractivity contribution in [1.82, 2.24) is 9.47 Å². The maximum absolute atomic E-state index is 11.8. The van der Waals surface area contributed by atoms with Gasteiger partial charge in [-0.2, -0.15) is 0 Å². The number of hydrogen-bond acceptors (Lipinski definition) is 6.